The number of ether oxygens (including phenoxy) is 1. The number of hydrogen-bond donors (Lipinski definition) is 1. The fourth-order valence-electron chi connectivity index (χ4n) is 0.614. The van der Waals surface area contributed by atoms with Gasteiger partial charge in [0.1, 0.15) is 12.9 Å². The zero-order valence-electron chi connectivity index (χ0n) is 6.41. The summed E-state index contributed by atoms with van der Waals surface area (Å²) in [5, 5.41) is 3.78. The second-order valence-electron chi connectivity index (χ2n) is 1.91. The second-order valence-corrected chi connectivity index (χ2v) is 2.65. The summed E-state index contributed by atoms with van der Waals surface area (Å²) in [4.78, 5) is 3.87. The fourth-order valence-corrected chi connectivity index (χ4v) is 1.03. The highest BCUT2D eigenvalue weighted by molar-refractivity contribution is 7.07. The first-order valence-corrected chi connectivity index (χ1v) is 4.31. The van der Waals surface area contributed by atoms with E-state index in [1.807, 2.05) is 0 Å². The number of aromatic nitrogens is 2. The Labute approximate surface area is 69.8 Å². The Bertz CT molecular complexity index is 178. The predicted octanol–water partition coefficient (Wildman–Crippen LogP) is 0.526. The average Bonchev–Trinajstić information content (AvgIpc) is 2.50. The normalized spacial score (nSPS) is 9.91. The van der Waals surface area contributed by atoms with Gasteiger partial charge in [-0.25, -0.2) is 0 Å². The van der Waals surface area contributed by atoms with Crippen LogP contribution in [0.5, 0.6) is 5.19 Å². The number of rotatable bonds is 5. The molecule has 0 unspecified atom stereocenters. The van der Waals surface area contributed by atoms with Gasteiger partial charge in [-0.05, 0) is 6.54 Å². The Morgan fingerprint density at radius 3 is 3.27 bits per heavy atom. The van der Waals surface area contributed by atoms with Crippen molar-refractivity contribution in [1.29, 1.82) is 0 Å². The lowest BCUT2D eigenvalue weighted by molar-refractivity contribution is 0.314. The lowest BCUT2D eigenvalue weighted by Gasteiger charge is -2.00. The Morgan fingerprint density at radius 2 is 2.64 bits per heavy atom. The van der Waals surface area contributed by atoms with E-state index < -0.39 is 0 Å². The third-order valence-corrected chi connectivity index (χ3v) is 1.67. The van der Waals surface area contributed by atoms with E-state index in [-0.39, 0.29) is 0 Å². The summed E-state index contributed by atoms with van der Waals surface area (Å²) in [6, 6.07) is 0. The van der Waals surface area contributed by atoms with Crippen LogP contribution in [-0.4, -0.2) is 29.1 Å². The van der Waals surface area contributed by atoms with Crippen LogP contribution in [0.2, 0.25) is 0 Å². The van der Waals surface area contributed by atoms with Crippen molar-refractivity contribution < 1.29 is 4.74 Å². The highest BCUT2D eigenvalue weighted by Crippen LogP contribution is 2.08. The minimum Gasteiger partial charge on any atom is -0.468 e. The van der Waals surface area contributed by atoms with Crippen LogP contribution in [0.25, 0.3) is 0 Å². The maximum absolute atomic E-state index is 5.23. The number of hydrogen-bond acceptors (Lipinski definition) is 5. The molecule has 0 aromatic carbocycles. The molecule has 0 bridgehead atoms. The molecule has 1 aromatic heterocycles. The van der Waals surface area contributed by atoms with Gasteiger partial charge in [0.2, 0.25) is 0 Å². The van der Waals surface area contributed by atoms with E-state index in [1.165, 1.54) is 17.9 Å². The van der Waals surface area contributed by atoms with E-state index in [1.54, 1.807) is 0 Å². The molecule has 4 nitrogen and oxygen atoms in total. The van der Waals surface area contributed by atoms with Crippen molar-refractivity contribution in [1.82, 2.24) is 14.7 Å². The van der Waals surface area contributed by atoms with Gasteiger partial charge in [0.15, 0.2) is 0 Å². The summed E-state index contributed by atoms with van der Waals surface area (Å²) in [5.74, 6) is 0. The van der Waals surface area contributed by atoms with Gasteiger partial charge in [0.25, 0.3) is 5.19 Å². The van der Waals surface area contributed by atoms with Crippen molar-refractivity contribution in [2.24, 2.45) is 0 Å². The first-order valence-electron chi connectivity index (χ1n) is 3.53. The minimum absolute atomic E-state index is 0.642. The molecule has 11 heavy (non-hydrogen) atoms. The molecule has 0 fully saturated rings. The molecule has 0 aliphatic carbocycles. The maximum atomic E-state index is 5.23. The van der Waals surface area contributed by atoms with Gasteiger partial charge in [-0.1, -0.05) is 6.92 Å². The van der Waals surface area contributed by atoms with Crippen molar-refractivity contribution in [3.05, 3.63) is 6.33 Å². The summed E-state index contributed by atoms with van der Waals surface area (Å²) in [7, 11) is 0. The third kappa shape index (κ3) is 3.29. The number of nitrogens with zero attached hydrogens (tertiary/aromatic N) is 2. The van der Waals surface area contributed by atoms with E-state index in [0.717, 1.165) is 13.1 Å². The molecule has 1 aromatic rings. The van der Waals surface area contributed by atoms with E-state index in [9.17, 15) is 0 Å². The largest absolute Gasteiger partial charge is 0.468 e. The van der Waals surface area contributed by atoms with Crippen molar-refractivity contribution in [2.45, 2.75) is 6.92 Å². The maximum Gasteiger partial charge on any atom is 0.292 e. The van der Waals surface area contributed by atoms with Crippen molar-refractivity contribution in [3.63, 3.8) is 0 Å². The molecule has 1 rings (SSSR count). The Hall–Kier alpha value is -0.680. The molecule has 5 heteroatoms. The zero-order chi connectivity index (χ0) is 7.94. The first-order chi connectivity index (χ1) is 5.43. The standard InChI is InChI=1S/C6H11N3OS/c1-2-7-3-4-10-6-8-5-9-11-6/h5,7H,2-4H2,1H3. The van der Waals surface area contributed by atoms with Gasteiger partial charge in [0, 0.05) is 18.1 Å². The van der Waals surface area contributed by atoms with Crippen LogP contribution >= 0.6 is 11.5 Å². The summed E-state index contributed by atoms with van der Waals surface area (Å²) >= 11 is 1.27. The highest BCUT2D eigenvalue weighted by atomic mass is 32.1. The van der Waals surface area contributed by atoms with Gasteiger partial charge in [-0.2, -0.15) is 9.36 Å². The van der Waals surface area contributed by atoms with Gasteiger partial charge in [0.05, 0.1) is 0 Å². The van der Waals surface area contributed by atoms with Crippen molar-refractivity contribution >= 4 is 11.5 Å². The van der Waals surface area contributed by atoms with Crippen LogP contribution in [0.15, 0.2) is 6.33 Å². The van der Waals surface area contributed by atoms with Crippen LogP contribution in [0.1, 0.15) is 6.92 Å². The lowest BCUT2D eigenvalue weighted by atomic mass is 10.6. The highest BCUT2D eigenvalue weighted by Gasteiger charge is 1.94. The van der Waals surface area contributed by atoms with Gasteiger partial charge >= 0.3 is 0 Å². The zero-order valence-corrected chi connectivity index (χ0v) is 7.23. The lowest BCUT2D eigenvalue weighted by Crippen LogP contribution is -2.20. The van der Waals surface area contributed by atoms with E-state index in [0.29, 0.717) is 11.8 Å². The fraction of sp³-hybridized carbons (Fsp3) is 0.667. The minimum atomic E-state index is 0.642. The van der Waals surface area contributed by atoms with Crippen LogP contribution < -0.4 is 10.1 Å². The second kappa shape index (κ2) is 5.03. The van der Waals surface area contributed by atoms with Crippen molar-refractivity contribution in [3.8, 4) is 5.19 Å². The molecule has 0 aliphatic heterocycles. The van der Waals surface area contributed by atoms with Gasteiger partial charge in [-0.15, -0.1) is 0 Å². The smallest absolute Gasteiger partial charge is 0.292 e. The molecule has 0 aliphatic rings. The monoisotopic (exact) mass is 173 g/mol. The van der Waals surface area contributed by atoms with Gasteiger partial charge < -0.3 is 10.1 Å². The molecule has 1 N–H and O–H groups in total. The van der Waals surface area contributed by atoms with Crippen LogP contribution in [-0.2, 0) is 0 Å². The molecule has 0 saturated heterocycles. The molecule has 0 atom stereocenters. The third-order valence-electron chi connectivity index (χ3n) is 1.10. The van der Waals surface area contributed by atoms with Crippen molar-refractivity contribution in [2.75, 3.05) is 19.7 Å². The summed E-state index contributed by atoms with van der Waals surface area (Å²) in [6.07, 6.45) is 1.49. The molecule has 0 radical (unpaired) electrons. The Kier molecular flexibility index (Phi) is 3.85. The van der Waals surface area contributed by atoms with Crippen LogP contribution in [0.4, 0.5) is 0 Å². The molecule has 0 saturated carbocycles. The molecule has 0 amide bonds. The quantitative estimate of drug-likeness (QED) is 0.660. The first kappa shape index (κ1) is 8.42. The molecule has 1 heterocycles. The molecule has 0 spiro atoms. The SMILES string of the molecule is CCNCCOc1ncns1. The van der Waals surface area contributed by atoms with E-state index >= 15 is 0 Å². The van der Waals surface area contributed by atoms with Crippen LogP contribution in [0, 0.1) is 0 Å². The molecule has 62 valence electrons. The van der Waals surface area contributed by atoms with E-state index in [4.69, 9.17) is 4.74 Å². The Morgan fingerprint density at radius 1 is 1.73 bits per heavy atom. The number of likely N-dealkylation sites (N-methyl/N-ethyl adjacent to an activating group) is 1. The Balaban J connectivity index is 2.04. The average molecular weight is 173 g/mol. The summed E-state index contributed by atoms with van der Waals surface area (Å²) in [6.45, 7) is 4.55. The number of nitrogens with one attached hydrogen (secondary N) is 1. The molecular weight excluding hydrogens is 162 g/mol. The summed E-state index contributed by atoms with van der Waals surface area (Å²) < 4.78 is 9.04. The predicted molar refractivity (Wildman–Crippen MR) is 43.9 cm³/mol. The molecular formula is C6H11N3OS. The van der Waals surface area contributed by atoms with E-state index in [2.05, 4.69) is 21.6 Å². The van der Waals surface area contributed by atoms with Gasteiger partial charge in [-0.3, -0.25) is 0 Å². The van der Waals surface area contributed by atoms with Crippen LogP contribution in [0.3, 0.4) is 0 Å². The summed E-state index contributed by atoms with van der Waals surface area (Å²) in [5.41, 5.74) is 0. The topological polar surface area (TPSA) is 47.0 Å².